The minimum absolute atomic E-state index is 0.0165. The molecule has 1 aliphatic rings. The van der Waals surface area contributed by atoms with E-state index in [4.69, 9.17) is 25.9 Å². The number of furan rings is 1. The second-order valence-electron chi connectivity index (χ2n) is 4.75. The van der Waals surface area contributed by atoms with Crippen molar-refractivity contribution in [1.82, 2.24) is 0 Å². The Labute approximate surface area is 135 Å². The molecule has 0 spiro atoms. The Morgan fingerprint density at radius 3 is 2.70 bits per heavy atom. The number of hydrogen-bond acceptors (Lipinski definition) is 5. The van der Waals surface area contributed by atoms with Crippen LogP contribution in [0.4, 0.5) is 0 Å². The van der Waals surface area contributed by atoms with E-state index in [1.165, 1.54) is 18.2 Å². The van der Waals surface area contributed by atoms with Gasteiger partial charge in [0.25, 0.3) is 0 Å². The Morgan fingerprint density at radius 1 is 1.30 bits per heavy atom. The van der Waals surface area contributed by atoms with Gasteiger partial charge in [0.05, 0.1) is 10.6 Å². The average molecular weight is 332 g/mol. The standard InChI is InChI=1S/C16H10ClNO5/c1-8-18-13(16(21)22-8)7-10-3-5-14(23-10)9-2-4-11(15(19)20)12(17)6-9/h2-7H,1H3,(H,19,20)/b13-7+. The fraction of sp³-hybridized carbons (Fsp3) is 0.0625. The fourth-order valence-electron chi connectivity index (χ4n) is 2.08. The summed E-state index contributed by atoms with van der Waals surface area (Å²) in [4.78, 5) is 26.4. The number of carboxylic acid groups (broad SMARTS) is 1. The average Bonchev–Trinajstić information content (AvgIpc) is 3.06. The Morgan fingerprint density at radius 2 is 2.09 bits per heavy atom. The number of ether oxygens (including phenoxy) is 1. The molecule has 0 bridgehead atoms. The number of nitrogens with zero attached hydrogens (tertiary/aromatic N) is 1. The Bertz CT molecular complexity index is 878. The van der Waals surface area contributed by atoms with E-state index < -0.39 is 11.9 Å². The van der Waals surface area contributed by atoms with Crippen LogP contribution in [-0.4, -0.2) is 22.9 Å². The van der Waals surface area contributed by atoms with Crippen LogP contribution in [0.25, 0.3) is 17.4 Å². The highest BCUT2D eigenvalue weighted by Gasteiger charge is 2.20. The molecule has 2 heterocycles. The monoisotopic (exact) mass is 331 g/mol. The molecule has 0 amide bonds. The molecule has 7 heteroatoms. The molecule has 116 valence electrons. The van der Waals surface area contributed by atoms with E-state index in [-0.39, 0.29) is 22.2 Å². The molecule has 0 fully saturated rings. The molecule has 1 aliphatic heterocycles. The smallest absolute Gasteiger partial charge is 0.363 e. The van der Waals surface area contributed by atoms with Crippen LogP contribution in [0.5, 0.6) is 0 Å². The van der Waals surface area contributed by atoms with E-state index in [0.29, 0.717) is 17.1 Å². The van der Waals surface area contributed by atoms with Crippen molar-refractivity contribution in [1.29, 1.82) is 0 Å². The van der Waals surface area contributed by atoms with Gasteiger partial charge in [-0.05, 0) is 24.3 Å². The van der Waals surface area contributed by atoms with Crippen molar-refractivity contribution in [2.24, 2.45) is 4.99 Å². The van der Waals surface area contributed by atoms with Crippen LogP contribution in [-0.2, 0) is 9.53 Å². The van der Waals surface area contributed by atoms with Crippen LogP contribution in [0.15, 0.2) is 45.4 Å². The Kier molecular flexibility index (Phi) is 3.75. The first kappa shape index (κ1) is 15.1. The second-order valence-corrected chi connectivity index (χ2v) is 5.16. The molecular formula is C16H10ClNO5. The molecule has 1 aromatic carbocycles. The quantitative estimate of drug-likeness (QED) is 0.685. The lowest BCUT2D eigenvalue weighted by Crippen LogP contribution is -1.99. The SMILES string of the molecule is CC1=N/C(=C/c2ccc(-c3ccc(C(=O)O)c(Cl)c3)o2)C(=O)O1. The lowest BCUT2D eigenvalue weighted by atomic mass is 10.1. The van der Waals surface area contributed by atoms with Crippen molar-refractivity contribution in [3.05, 3.63) is 52.4 Å². The molecule has 0 aliphatic carbocycles. The van der Waals surface area contributed by atoms with E-state index in [2.05, 4.69) is 4.99 Å². The zero-order chi connectivity index (χ0) is 16.6. The van der Waals surface area contributed by atoms with Gasteiger partial charge in [0.2, 0.25) is 0 Å². The number of cyclic esters (lactones) is 1. The minimum atomic E-state index is -1.10. The molecule has 0 unspecified atom stereocenters. The van der Waals surface area contributed by atoms with Gasteiger partial charge in [-0.3, -0.25) is 0 Å². The van der Waals surface area contributed by atoms with Crippen LogP contribution < -0.4 is 0 Å². The number of carbonyl (C=O) groups excluding carboxylic acids is 1. The summed E-state index contributed by atoms with van der Waals surface area (Å²) in [6.45, 7) is 1.58. The highest BCUT2D eigenvalue weighted by molar-refractivity contribution is 6.33. The van der Waals surface area contributed by atoms with Gasteiger partial charge in [0.1, 0.15) is 11.5 Å². The van der Waals surface area contributed by atoms with Crippen LogP contribution >= 0.6 is 11.6 Å². The molecule has 1 N–H and O–H groups in total. The maximum Gasteiger partial charge on any atom is 0.363 e. The molecule has 1 aromatic heterocycles. The molecule has 6 nitrogen and oxygen atoms in total. The number of esters is 1. The van der Waals surface area contributed by atoms with Crippen molar-refractivity contribution in [2.75, 3.05) is 0 Å². The van der Waals surface area contributed by atoms with Crippen LogP contribution in [0, 0.1) is 0 Å². The first-order valence-corrected chi connectivity index (χ1v) is 6.94. The number of benzene rings is 1. The largest absolute Gasteiger partial charge is 0.478 e. The lowest BCUT2D eigenvalue weighted by molar-refractivity contribution is -0.130. The molecule has 0 radical (unpaired) electrons. The van der Waals surface area contributed by atoms with Gasteiger partial charge in [-0.25, -0.2) is 14.6 Å². The third kappa shape index (κ3) is 3.02. The number of carboxylic acids is 1. The Balaban J connectivity index is 1.91. The number of hydrogen-bond donors (Lipinski definition) is 1. The molecule has 3 rings (SSSR count). The third-order valence-corrected chi connectivity index (χ3v) is 3.43. The highest BCUT2D eigenvalue weighted by Crippen LogP contribution is 2.28. The van der Waals surface area contributed by atoms with Gasteiger partial charge in [0, 0.05) is 18.6 Å². The van der Waals surface area contributed by atoms with Gasteiger partial charge >= 0.3 is 11.9 Å². The first-order chi connectivity index (χ1) is 10.9. The van der Waals surface area contributed by atoms with E-state index >= 15 is 0 Å². The Hall–Kier alpha value is -2.86. The predicted octanol–water partition coefficient (Wildman–Crippen LogP) is 3.61. The van der Waals surface area contributed by atoms with Crippen molar-refractivity contribution >= 4 is 35.5 Å². The predicted molar refractivity (Wildman–Crippen MR) is 83.3 cm³/mol. The van der Waals surface area contributed by atoms with Gasteiger partial charge in [-0.1, -0.05) is 17.7 Å². The molecule has 2 aromatic rings. The van der Waals surface area contributed by atoms with Gasteiger partial charge in [-0.15, -0.1) is 0 Å². The summed E-state index contributed by atoms with van der Waals surface area (Å²) < 4.78 is 10.4. The molecule has 0 atom stereocenters. The van der Waals surface area contributed by atoms with Crippen molar-refractivity contribution in [3.8, 4) is 11.3 Å². The summed E-state index contributed by atoms with van der Waals surface area (Å²) in [5.41, 5.74) is 0.795. The zero-order valence-electron chi connectivity index (χ0n) is 11.9. The van der Waals surface area contributed by atoms with Crippen LogP contribution in [0.3, 0.4) is 0 Å². The summed E-state index contributed by atoms with van der Waals surface area (Å²) in [6, 6.07) is 7.86. The summed E-state index contributed by atoms with van der Waals surface area (Å²) in [6.07, 6.45) is 1.47. The van der Waals surface area contributed by atoms with Gasteiger partial charge in [-0.2, -0.15) is 0 Å². The number of rotatable bonds is 3. The first-order valence-electron chi connectivity index (χ1n) is 6.56. The molecular weight excluding hydrogens is 322 g/mol. The number of carbonyl (C=O) groups is 2. The number of aliphatic imine (C=N–C) groups is 1. The summed E-state index contributed by atoms with van der Waals surface area (Å²) >= 11 is 5.94. The zero-order valence-corrected chi connectivity index (χ0v) is 12.6. The van der Waals surface area contributed by atoms with E-state index in [1.807, 2.05) is 0 Å². The van der Waals surface area contributed by atoms with E-state index in [9.17, 15) is 9.59 Å². The molecule has 0 saturated carbocycles. The maximum atomic E-state index is 11.5. The van der Waals surface area contributed by atoms with Crippen LogP contribution in [0.1, 0.15) is 23.0 Å². The topological polar surface area (TPSA) is 89.1 Å². The maximum absolute atomic E-state index is 11.5. The molecule has 23 heavy (non-hydrogen) atoms. The lowest BCUT2D eigenvalue weighted by Gasteiger charge is -2.01. The van der Waals surface area contributed by atoms with E-state index in [0.717, 1.165) is 0 Å². The van der Waals surface area contributed by atoms with Crippen LogP contribution in [0.2, 0.25) is 5.02 Å². The van der Waals surface area contributed by atoms with Gasteiger partial charge < -0.3 is 14.3 Å². The summed E-state index contributed by atoms with van der Waals surface area (Å²) in [7, 11) is 0. The fourth-order valence-corrected chi connectivity index (χ4v) is 2.34. The highest BCUT2D eigenvalue weighted by atomic mass is 35.5. The molecule has 0 saturated heterocycles. The summed E-state index contributed by atoms with van der Waals surface area (Å²) in [5, 5.41) is 9.08. The third-order valence-electron chi connectivity index (χ3n) is 3.12. The van der Waals surface area contributed by atoms with Crippen molar-refractivity contribution in [3.63, 3.8) is 0 Å². The summed E-state index contributed by atoms with van der Waals surface area (Å²) in [5.74, 6) is -0.440. The van der Waals surface area contributed by atoms with E-state index in [1.54, 1.807) is 25.1 Å². The number of halogens is 1. The van der Waals surface area contributed by atoms with Crippen molar-refractivity contribution in [2.45, 2.75) is 6.92 Å². The normalized spacial score (nSPS) is 15.7. The van der Waals surface area contributed by atoms with Crippen molar-refractivity contribution < 1.29 is 23.8 Å². The number of aromatic carboxylic acids is 1. The second kappa shape index (κ2) is 5.73. The van der Waals surface area contributed by atoms with Gasteiger partial charge in [0.15, 0.2) is 11.6 Å². The minimum Gasteiger partial charge on any atom is -0.478 e.